The van der Waals surface area contributed by atoms with Crippen LogP contribution >= 0.6 is 0 Å². The Morgan fingerprint density at radius 3 is 2.85 bits per heavy atom. The van der Waals surface area contributed by atoms with Crippen molar-refractivity contribution < 1.29 is 13.9 Å². The first-order chi connectivity index (χ1) is 15.7. The molecule has 0 amide bonds. The number of benzene rings is 2. The smallest absolute Gasteiger partial charge is 0.129 e. The molecule has 1 unspecified atom stereocenters. The van der Waals surface area contributed by atoms with Gasteiger partial charge in [-0.15, -0.1) is 0 Å². The second-order valence-corrected chi connectivity index (χ2v) is 11.2. The number of hydrogen-bond donors (Lipinski definition) is 2. The standard InChI is InChI=1S/C25H29FN4O2Si/c1-24(2)21-8-16(12-27)4-5-19(21)20-10-22(26)17(9-23(20)32-24)11-25(33,15-28)30-14-18-13-29-6-3-7-31-18/h4-5,8-10,18,29-30H,3,6-7,11,13-14H2,1-2,33H3/t18?,25-/m0/s1. The maximum atomic E-state index is 15.3. The zero-order chi connectivity index (χ0) is 23.6. The van der Waals surface area contributed by atoms with E-state index in [9.17, 15) is 10.5 Å². The summed E-state index contributed by atoms with van der Waals surface area (Å²) in [4.78, 5) is 0. The van der Waals surface area contributed by atoms with Crippen LogP contribution in [0.3, 0.4) is 0 Å². The fourth-order valence-corrected chi connectivity index (χ4v) is 5.05. The van der Waals surface area contributed by atoms with E-state index < -0.39 is 10.8 Å². The molecule has 6 nitrogen and oxygen atoms in total. The summed E-state index contributed by atoms with van der Waals surface area (Å²) in [6, 6.07) is 13.1. The summed E-state index contributed by atoms with van der Waals surface area (Å²) in [6.45, 7) is 6.78. The SMILES string of the molecule is CC1(C)Oc2cc(C[C@]([SiH3])(C#N)NCC3CNCCCO3)c(F)cc2-c2ccc(C#N)cc21. The number of rotatable bonds is 5. The fraction of sp³-hybridized carbons (Fsp3) is 0.440. The van der Waals surface area contributed by atoms with Gasteiger partial charge in [-0.05, 0) is 62.2 Å². The summed E-state index contributed by atoms with van der Waals surface area (Å²) >= 11 is 0. The Morgan fingerprint density at radius 2 is 2.09 bits per heavy atom. The van der Waals surface area contributed by atoms with Crippen molar-refractivity contribution in [3.05, 3.63) is 52.8 Å². The molecule has 33 heavy (non-hydrogen) atoms. The number of hydrogen-bond acceptors (Lipinski definition) is 6. The molecule has 1 fully saturated rings. The molecule has 2 aromatic carbocycles. The normalized spacial score (nSPS) is 20.8. The summed E-state index contributed by atoms with van der Waals surface area (Å²) in [5.74, 6) is 0.226. The van der Waals surface area contributed by atoms with Crippen molar-refractivity contribution in [2.24, 2.45) is 0 Å². The molecule has 2 aliphatic rings. The van der Waals surface area contributed by atoms with Gasteiger partial charge in [0, 0.05) is 47.5 Å². The highest BCUT2D eigenvalue weighted by atomic mass is 28.1. The van der Waals surface area contributed by atoms with Gasteiger partial charge >= 0.3 is 0 Å². The highest BCUT2D eigenvalue weighted by molar-refractivity contribution is 6.17. The van der Waals surface area contributed by atoms with E-state index in [1.807, 2.05) is 19.9 Å². The monoisotopic (exact) mass is 464 g/mol. The molecular weight excluding hydrogens is 435 g/mol. The number of nitriles is 2. The minimum atomic E-state index is -0.825. The molecule has 2 aromatic rings. The van der Waals surface area contributed by atoms with Crippen LogP contribution in [0.2, 0.25) is 0 Å². The van der Waals surface area contributed by atoms with E-state index in [1.165, 1.54) is 6.07 Å². The van der Waals surface area contributed by atoms with Gasteiger partial charge in [0.05, 0.1) is 29.0 Å². The van der Waals surface area contributed by atoms with Gasteiger partial charge < -0.3 is 20.1 Å². The van der Waals surface area contributed by atoms with Crippen LogP contribution in [0.5, 0.6) is 5.75 Å². The first-order valence-electron chi connectivity index (χ1n) is 11.3. The molecule has 2 N–H and O–H groups in total. The van der Waals surface area contributed by atoms with Crippen LogP contribution in [0.4, 0.5) is 4.39 Å². The topological polar surface area (TPSA) is 90.1 Å². The number of nitrogens with one attached hydrogen (secondary N) is 2. The number of halogens is 1. The van der Waals surface area contributed by atoms with Gasteiger partial charge in [0.1, 0.15) is 17.2 Å². The van der Waals surface area contributed by atoms with Gasteiger partial charge in [0.15, 0.2) is 0 Å². The van der Waals surface area contributed by atoms with Gasteiger partial charge in [0.25, 0.3) is 0 Å². The maximum Gasteiger partial charge on any atom is 0.129 e. The van der Waals surface area contributed by atoms with Crippen molar-refractivity contribution >= 4 is 10.2 Å². The molecule has 0 spiro atoms. The van der Waals surface area contributed by atoms with Crippen molar-refractivity contribution in [1.82, 2.24) is 10.6 Å². The Balaban J connectivity index is 1.60. The van der Waals surface area contributed by atoms with Gasteiger partial charge in [-0.25, -0.2) is 4.39 Å². The molecule has 4 rings (SSSR count). The van der Waals surface area contributed by atoms with Crippen LogP contribution in [0.15, 0.2) is 30.3 Å². The Bertz CT molecular complexity index is 1130. The molecule has 2 atom stereocenters. The molecule has 0 bridgehead atoms. The number of fused-ring (bicyclic) bond motifs is 3. The van der Waals surface area contributed by atoms with Crippen LogP contribution in [-0.4, -0.2) is 47.7 Å². The van der Waals surface area contributed by atoms with Crippen molar-refractivity contribution in [1.29, 1.82) is 10.5 Å². The third-order valence-corrected chi connectivity index (χ3v) is 7.27. The van der Waals surface area contributed by atoms with Crippen LogP contribution in [-0.2, 0) is 16.8 Å². The quantitative estimate of drug-likeness (QED) is 0.659. The Kier molecular flexibility index (Phi) is 6.56. The van der Waals surface area contributed by atoms with E-state index in [0.29, 0.717) is 45.8 Å². The summed E-state index contributed by atoms with van der Waals surface area (Å²) in [7, 11) is 0.519. The van der Waals surface area contributed by atoms with E-state index in [2.05, 4.69) is 22.8 Å². The van der Waals surface area contributed by atoms with Gasteiger partial charge in [-0.2, -0.15) is 10.5 Å². The van der Waals surface area contributed by atoms with Crippen LogP contribution in [0.1, 0.15) is 37.0 Å². The summed E-state index contributed by atoms with van der Waals surface area (Å²) < 4.78 is 27.4. The zero-order valence-electron chi connectivity index (χ0n) is 19.3. The maximum absolute atomic E-state index is 15.3. The van der Waals surface area contributed by atoms with Gasteiger partial charge in [-0.1, -0.05) is 6.07 Å². The Morgan fingerprint density at radius 1 is 1.27 bits per heavy atom. The molecule has 172 valence electrons. The summed E-state index contributed by atoms with van der Waals surface area (Å²) in [5.41, 5.74) is 2.70. The predicted molar refractivity (Wildman–Crippen MR) is 127 cm³/mol. The highest BCUT2D eigenvalue weighted by Crippen LogP contribution is 2.46. The number of ether oxygens (including phenoxy) is 2. The molecule has 0 aliphatic carbocycles. The molecule has 0 saturated carbocycles. The average Bonchev–Trinajstić information content (AvgIpc) is 3.07. The molecule has 0 radical (unpaired) electrons. The summed E-state index contributed by atoms with van der Waals surface area (Å²) in [5, 5.41) is 25.0. The van der Waals surface area contributed by atoms with E-state index in [0.717, 1.165) is 30.6 Å². The Hall–Kier alpha value is -2.75. The zero-order valence-corrected chi connectivity index (χ0v) is 21.3. The second kappa shape index (κ2) is 9.24. The van der Waals surface area contributed by atoms with Crippen molar-refractivity contribution in [2.45, 2.75) is 43.6 Å². The lowest BCUT2D eigenvalue weighted by Gasteiger charge is -2.35. The van der Waals surface area contributed by atoms with Crippen LogP contribution in [0, 0.1) is 28.5 Å². The lowest BCUT2D eigenvalue weighted by molar-refractivity contribution is 0.0650. The van der Waals surface area contributed by atoms with E-state index >= 15 is 4.39 Å². The molecular formula is C25H29FN4O2Si. The van der Waals surface area contributed by atoms with Crippen molar-refractivity contribution in [3.8, 4) is 29.0 Å². The first-order valence-corrected chi connectivity index (χ1v) is 12.3. The van der Waals surface area contributed by atoms with Crippen molar-refractivity contribution in [2.75, 3.05) is 26.2 Å². The number of nitrogens with zero attached hydrogens (tertiary/aromatic N) is 2. The lowest BCUT2D eigenvalue weighted by Crippen LogP contribution is -2.51. The van der Waals surface area contributed by atoms with Crippen molar-refractivity contribution in [3.63, 3.8) is 0 Å². The third-order valence-electron chi connectivity index (χ3n) is 6.34. The molecule has 1 saturated heterocycles. The predicted octanol–water partition coefficient (Wildman–Crippen LogP) is 2.09. The largest absolute Gasteiger partial charge is 0.482 e. The highest BCUT2D eigenvalue weighted by Gasteiger charge is 2.35. The Labute approximate surface area is 197 Å². The first kappa shape index (κ1) is 23.4. The van der Waals surface area contributed by atoms with Crippen LogP contribution in [0.25, 0.3) is 11.1 Å². The summed E-state index contributed by atoms with van der Waals surface area (Å²) in [6.07, 6.45) is 1.21. The van der Waals surface area contributed by atoms with Crippen LogP contribution < -0.4 is 15.4 Å². The minimum absolute atomic E-state index is 0.0125. The molecule has 2 heterocycles. The molecule has 2 aliphatic heterocycles. The van der Waals surface area contributed by atoms with Gasteiger partial charge in [0.2, 0.25) is 0 Å². The molecule has 8 heteroatoms. The minimum Gasteiger partial charge on any atom is -0.482 e. The fourth-order valence-electron chi connectivity index (χ4n) is 4.46. The van der Waals surface area contributed by atoms with E-state index in [4.69, 9.17) is 9.47 Å². The van der Waals surface area contributed by atoms with E-state index in [-0.39, 0.29) is 18.3 Å². The van der Waals surface area contributed by atoms with Gasteiger partial charge in [-0.3, -0.25) is 0 Å². The second-order valence-electron chi connectivity index (χ2n) is 9.48. The average molecular weight is 465 g/mol. The third kappa shape index (κ3) is 4.95. The lowest BCUT2D eigenvalue weighted by atomic mass is 9.84. The molecule has 0 aromatic heterocycles. The van der Waals surface area contributed by atoms with E-state index in [1.54, 1.807) is 18.2 Å².